The van der Waals surface area contributed by atoms with Gasteiger partial charge in [-0.25, -0.2) is 5.43 Å². The molecule has 3 amide bonds. The smallest absolute Gasteiger partial charge is 0.329 e. The van der Waals surface area contributed by atoms with Crippen molar-refractivity contribution in [2.45, 2.75) is 13.8 Å². The van der Waals surface area contributed by atoms with Crippen molar-refractivity contribution in [3.05, 3.63) is 82.9 Å². The van der Waals surface area contributed by atoms with E-state index in [1.165, 1.54) is 6.21 Å². The standard InChI is InChI=1S/C26H25ClN4O5/c1-3-35-23-10-5-4-9-22(23)30-25(33)26(34)31-28-15-18-7-6-8-20(13-18)36-16-24(32)29-19-12-11-17(2)21(27)14-19/h4-15H,3,16H2,1-2H3,(H,29,32)(H,30,33)(H,31,34)/b28-15-. The number of aryl methyl sites for hydroxylation is 1. The van der Waals surface area contributed by atoms with E-state index in [0.29, 0.717) is 40.1 Å². The molecule has 10 heteroatoms. The number of hydrogen-bond acceptors (Lipinski definition) is 6. The molecule has 0 spiro atoms. The lowest BCUT2D eigenvalue weighted by Crippen LogP contribution is -2.32. The third kappa shape index (κ3) is 7.85. The molecule has 0 atom stereocenters. The molecule has 3 aromatic rings. The Morgan fingerprint density at radius 3 is 2.53 bits per heavy atom. The second kappa shape index (κ2) is 12.9. The van der Waals surface area contributed by atoms with Crippen LogP contribution in [0, 0.1) is 6.92 Å². The Morgan fingerprint density at radius 1 is 0.944 bits per heavy atom. The van der Waals surface area contributed by atoms with Crippen LogP contribution in [0.4, 0.5) is 11.4 Å². The summed E-state index contributed by atoms with van der Waals surface area (Å²) in [5, 5.41) is 9.56. The fraction of sp³-hybridized carbons (Fsp3) is 0.154. The molecule has 0 heterocycles. The zero-order valence-corrected chi connectivity index (χ0v) is 20.5. The molecule has 3 N–H and O–H groups in total. The van der Waals surface area contributed by atoms with Gasteiger partial charge in [0.2, 0.25) is 0 Å². The number of nitrogens with zero attached hydrogens (tertiary/aromatic N) is 1. The van der Waals surface area contributed by atoms with Crippen LogP contribution in [0.5, 0.6) is 11.5 Å². The highest BCUT2D eigenvalue weighted by Crippen LogP contribution is 2.23. The van der Waals surface area contributed by atoms with Crippen molar-refractivity contribution in [2.24, 2.45) is 5.10 Å². The van der Waals surface area contributed by atoms with Gasteiger partial charge in [-0.3, -0.25) is 14.4 Å². The monoisotopic (exact) mass is 508 g/mol. The molecular weight excluding hydrogens is 484 g/mol. The molecule has 0 aliphatic heterocycles. The molecular formula is C26H25ClN4O5. The summed E-state index contributed by atoms with van der Waals surface area (Å²) >= 11 is 6.07. The van der Waals surface area contributed by atoms with Crippen molar-refractivity contribution >= 4 is 46.9 Å². The molecule has 0 radical (unpaired) electrons. The van der Waals surface area contributed by atoms with Gasteiger partial charge in [-0.15, -0.1) is 0 Å². The summed E-state index contributed by atoms with van der Waals surface area (Å²) in [4.78, 5) is 36.4. The highest BCUT2D eigenvalue weighted by atomic mass is 35.5. The second-order valence-corrected chi connectivity index (χ2v) is 7.86. The quantitative estimate of drug-likeness (QED) is 0.228. The fourth-order valence-corrected chi connectivity index (χ4v) is 3.13. The Bertz CT molecular complexity index is 1280. The summed E-state index contributed by atoms with van der Waals surface area (Å²) in [6.07, 6.45) is 1.35. The predicted molar refractivity (Wildman–Crippen MR) is 139 cm³/mol. The van der Waals surface area contributed by atoms with Crippen LogP contribution in [0.2, 0.25) is 5.02 Å². The predicted octanol–water partition coefficient (Wildman–Crippen LogP) is 4.15. The maximum absolute atomic E-state index is 12.2. The van der Waals surface area contributed by atoms with Crippen LogP contribution in [0.25, 0.3) is 0 Å². The van der Waals surface area contributed by atoms with E-state index in [0.717, 1.165) is 5.56 Å². The number of carbonyl (C=O) groups is 3. The van der Waals surface area contributed by atoms with Gasteiger partial charge in [0.1, 0.15) is 11.5 Å². The van der Waals surface area contributed by atoms with Gasteiger partial charge in [0.15, 0.2) is 6.61 Å². The lowest BCUT2D eigenvalue weighted by Gasteiger charge is -2.10. The number of ether oxygens (including phenoxy) is 2. The summed E-state index contributed by atoms with van der Waals surface area (Å²) in [6, 6.07) is 18.7. The molecule has 0 unspecified atom stereocenters. The molecule has 3 aromatic carbocycles. The van der Waals surface area contributed by atoms with Gasteiger partial charge in [-0.2, -0.15) is 5.10 Å². The number of para-hydroxylation sites is 2. The maximum atomic E-state index is 12.2. The van der Waals surface area contributed by atoms with Gasteiger partial charge < -0.3 is 20.1 Å². The van der Waals surface area contributed by atoms with Crippen LogP contribution in [-0.4, -0.2) is 37.1 Å². The number of hydrazone groups is 1. The van der Waals surface area contributed by atoms with Gasteiger partial charge in [0.25, 0.3) is 5.91 Å². The average molecular weight is 509 g/mol. The van der Waals surface area contributed by atoms with Crippen molar-refractivity contribution in [1.29, 1.82) is 0 Å². The Hall–Kier alpha value is -4.37. The van der Waals surface area contributed by atoms with Gasteiger partial charge in [0.05, 0.1) is 18.5 Å². The van der Waals surface area contributed by atoms with Gasteiger partial charge in [-0.05, 0) is 61.4 Å². The van der Waals surface area contributed by atoms with E-state index in [2.05, 4.69) is 21.2 Å². The lowest BCUT2D eigenvalue weighted by atomic mass is 10.2. The summed E-state index contributed by atoms with van der Waals surface area (Å²) < 4.78 is 11.0. The van der Waals surface area contributed by atoms with Gasteiger partial charge >= 0.3 is 11.8 Å². The van der Waals surface area contributed by atoms with E-state index in [4.69, 9.17) is 21.1 Å². The van der Waals surface area contributed by atoms with E-state index in [1.54, 1.807) is 60.7 Å². The van der Waals surface area contributed by atoms with Crippen LogP contribution in [0.1, 0.15) is 18.1 Å². The first-order chi connectivity index (χ1) is 17.4. The van der Waals surface area contributed by atoms with Crippen molar-refractivity contribution in [3.8, 4) is 11.5 Å². The summed E-state index contributed by atoms with van der Waals surface area (Å²) in [5.74, 6) is -1.31. The number of nitrogens with one attached hydrogen (secondary N) is 3. The molecule has 36 heavy (non-hydrogen) atoms. The Kier molecular flexibility index (Phi) is 9.41. The zero-order chi connectivity index (χ0) is 25.9. The lowest BCUT2D eigenvalue weighted by molar-refractivity contribution is -0.136. The zero-order valence-electron chi connectivity index (χ0n) is 19.7. The Morgan fingerprint density at radius 2 is 1.75 bits per heavy atom. The SMILES string of the molecule is CCOc1ccccc1NC(=O)C(=O)N/N=C\c1cccc(OCC(=O)Nc2ccc(C)c(Cl)c2)c1. The first-order valence-electron chi connectivity index (χ1n) is 11.0. The topological polar surface area (TPSA) is 118 Å². The van der Waals surface area contributed by atoms with E-state index in [-0.39, 0.29) is 12.5 Å². The molecule has 0 fully saturated rings. The number of halogens is 1. The summed E-state index contributed by atoms with van der Waals surface area (Å²) in [6.45, 7) is 3.89. The molecule has 3 rings (SSSR count). The third-order valence-corrected chi connectivity index (χ3v) is 5.11. The largest absolute Gasteiger partial charge is 0.492 e. The molecule has 0 aliphatic rings. The first kappa shape index (κ1) is 26.2. The minimum Gasteiger partial charge on any atom is -0.492 e. The summed E-state index contributed by atoms with van der Waals surface area (Å²) in [5.41, 5.74) is 4.61. The van der Waals surface area contributed by atoms with Gasteiger partial charge in [-0.1, -0.05) is 41.9 Å². The van der Waals surface area contributed by atoms with Crippen LogP contribution >= 0.6 is 11.6 Å². The molecule has 9 nitrogen and oxygen atoms in total. The fourth-order valence-electron chi connectivity index (χ4n) is 2.95. The Balaban J connectivity index is 1.49. The second-order valence-electron chi connectivity index (χ2n) is 7.46. The van der Waals surface area contributed by atoms with Crippen LogP contribution < -0.4 is 25.5 Å². The average Bonchev–Trinajstić information content (AvgIpc) is 2.86. The van der Waals surface area contributed by atoms with Crippen molar-refractivity contribution in [2.75, 3.05) is 23.8 Å². The number of carbonyl (C=O) groups excluding carboxylic acids is 3. The summed E-state index contributed by atoms with van der Waals surface area (Å²) in [7, 11) is 0. The van der Waals surface area contributed by atoms with E-state index < -0.39 is 11.8 Å². The van der Waals surface area contributed by atoms with Crippen LogP contribution in [0.3, 0.4) is 0 Å². The van der Waals surface area contributed by atoms with E-state index in [1.807, 2.05) is 19.9 Å². The van der Waals surface area contributed by atoms with Crippen molar-refractivity contribution in [1.82, 2.24) is 5.43 Å². The Labute approximate surface area is 213 Å². The van der Waals surface area contributed by atoms with Crippen LogP contribution in [0.15, 0.2) is 71.8 Å². The molecule has 0 saturated carbocycles. The molecule has 0 aliphatic carbocycles. The minimum absolute atomic E-state index is 0.216. The number of rotatable bonds is 9. The van der Waals surface area contributed by atoms with Crippen molar-refractivity contribution in [3.63, 3.8) is 0 Å². The normalized spacial score (nSPS) is 10.5. The first-order valence-corrected chi connectivity index (χ1v) is 11.4. The van der Waals surface area contributed by atoms with Crippen molar-refractivity contribution < 1.29 is 23.9 Å². The number of amides is 3. The maximum Gasteiger partial charge on any atom is 0.329 e. The van der Waals surface area contributed by atoms with Crippen LogP contribution in [-0.2, 0) is 14.4 Å². The molecule has 0 bridgehead atoms. The number of anilines is 2. The third-order valence-electron chi connectivity index (χ3n) is 4.70. The molecule has 186 valence electrons. The van der Waals surface area contributed by atoms with E-state index >= 15 is 0 Å². The number of benzene rings is 3. The highest BCUT2D eigenvalue weighted by molar-refractivity contribution is 6.39. The van der Waals surface area contributed by atoms with Gasteiger partial charge in [0, 0.05) is 10.7 Å². The number of hydrogen-bond donors (Lipinski definition) is 3. The highest BCUT2D eigenvalue weighted by Gasteiger charge is 2.15. The molecule has 0 aromatic heterocycles. The minimum atomic E-state index is -0.946. The van der Waals surface area contributed by atoms with E-state index in [9.17, 15) is 14.4 Å². The molecule has 0 saturated heterocycles.